The van der Waals surface area contributed by atoms with Crippen LogP contribution in [0, 0.1) is 0 Å². The van der Waals surface area contributed by atoms with E-state index in [1.165, 1.54) is 5.56 Å². The van der Waals surface area contributed by atoms with Crippen LogP contribution >= 0.6 is 23.8 Å². The van der Waals surface area contributed by atoms with Crippen LogP contribution < -0.4 is 10.6 Å². The molecule has 0 spiro atoms. The number of rotatable bonds is 6. The second-order valence-electron chi connectivity index (χ2n) is 4.13. The Bertz CT molecular complexity index is 370. The van der Waals surface area contributed by atoms with E-state index >= 15 is 0 Å². The third-order valence-electron chi connectivity index (χ3n) is 2.41. The van der Waals surface area contributed by atoms with E-state index in [1.807, 2.05) is 31.2 Å². The summed E-state index contributed by atoms with van der Waals surface area (Å²) in [5.41, 5.74) is 1.24. The van der Waals surface area contributed by atoms with Gasteiger partial charge in [-0.15, -0.1) is 0 Å². The molecule has 0 amide bonds. The monoisotopic (exact) mass is 286 g/mol. The highest BCUT2D eigenvalue weighted by atomic mass is 35.5. The molecule has 3 nitrogen and oxygen atoms in total. The van der Waals surface area contributed by atoms with Gasteiger partial charge in [-0.05, 0) is 43.3 Å². The van der Waals surface area contributed by atoms with Crippen molar-refractivity contribution in [3.8, 4) is 0 Å². The normalized spacial score (nSPS) is 11.9. The molecule has 0 heterocycles. The Balaban J connectivity index is 2.21. The lowest BCUT2D eigenvalue weighted by Gasteiger charge is -2.16. The quantitative estimate of drug-likeness (QED) is 0.787. The van der Waals surface area contributed by atoms with E-state index in [4.69, 9.17) is 28.6 Å². The first-order valence-corrected chi connectivity index (χ1v) is 6.68. The summed E-state index contributed by atoms with van der Waals surface area (Å²) < 4.78 is 5.03. The molecule has 0 aliphatic heterocycles. The van der Waals surface area contributed by atoms with Crippen LogP contribution in [0.5, 0.6) is 0 Å². The number of benzene rings is 1. The van der Waals surface area contributed by atoms with Gasteiger partial charge in [-0.2, -0.15) is 0 Å². The number of nitrogens with one attached hydrogen (secondary N) is 2. The lowest BCUT2D eigenvalue weighted by Crippen LogP contribution is -2.43. The molecule has 0 aromatic heterocycles. The summed E-state index contributed by atoms with van der Waals surface area (Å²) >= 11 is 11.0. The standard InChI is InChI=1S/C13H19ClN2OS/c1-10(9-17-2)16-13(18)15-8-7-11-3-5-12(14)6-4-11/h3-6,10H,7-9H2,1-2H3,(H2,15,16,18). The summed E-state index contributed by atoms with van der Waals surface area (Å²) in [5.74, 6) is 0. The van der Waals surface area contributed by atoms with Crippen molar-refractivity contribution in [1.29, 1.82) is 0 Å². The van der Waals surface area contributed by atoms with Crippen molar-refractivity contribution in [2.45, 2.75) is 19.4 Å². The Hall–Kier alpha value is -0.840. The second kappa shape index (κ2) is 8.29. The number of thiocarbonyl (C=S) groups is 1. The number of ether oxygens (including phenoxy) is 1. The van der Waals surface area contributed by atoms with Crippen LogP contribution in [0.4, 0.5) is 0 Å². The molecule has 0 aliphatic rings. The highest BCUT2D eigenvalue weighted by Crippen LogP contribution is 2.09. The molecule has 5 heteroatoms. The minimum absolute atomic E-state index is 0.213. The van der Waals surface area contributed by atoms with Gasteiger partial charge in [0, 0.05) is 24.7 Å². The van der Waals surface area contributed by atoms with E-state index in [9.17, 15) is 0 Å². The van der Waals surface area contributed by atoms with Gasteiger partial charge in [-0.25, -0.2) is 0 Å². The molecule has 0 bridgehead atoms. The Kier molecular flexibility index (Phi) is 7.01. The predicted octanol–water partition coefficient (Wildman–Crippen LogP) is 2.38. The van der Waals surface area contributed by atoms with Crippen molar-refractivity contribution in [2.24, 2.45) is 0 Å². The van der Waals surface area contributed by atoms with Gasteiger partial charge in [0.25, 0.3) is 0 Å². The number of hydrogen-bond acceptors (Lipinski definition) is 2. The van der Waals surface area contributed by atoms with E-state index in [1.54, 1.807) is 7.11 Å². The maximum Gasteiger partial charge on any atom is 0.166 e. The zero-order valence-electron chi connectivity index (χ0n) is 10.7. The van der Waals surface area contributed by atoms with Crippen molar-refractivity contribution < 1.29 is 4.74 Å². The van der Waals surface area contributed by atoms with Crippen molar-refractivity contribution in [3.63, 3.8) is 0 Å². The van der Waals surface area contributed by atoms with Crippen LogP contribution in [-0.4, -0.2) is 31.4 Å². The third kappa shape index (κ3) is 6.19. The molecule has 0 aliphatic carbocycles. The van der Waals surface area contributed by atoms with Gasteiger partial charge >= 0.3 is 0 Å². The molecular weight excluding hydrogens is 268 g/mol. The maximum atomic E-state index is 5.82. The van der Waals surface area contributed by atoms with Crippen molar-refractivity contribution >= 4 is 28.9 Å². The van der Waals surface area contributed by atoms with Crippen LogP contribution in [0.3, 0.4) is 0 Å². The van der Waals surface area contributed by atoms with Crippen LogP contribution in [0.25, 0.3) is 0 Å². The average Bonchev–Trinajstić information content (AvgIpc) is 2.32. The molecule has 0 radical (unpaired) electrons. The molecule has 100 valence electrons. The fraction of sp³-hybridized carbons (Fsp3) is 0.462. The molecule has 1 unspecified atom stereocenters. The Morgan fingerprint density at radius 3 is 2.67 bits per heavy atom. The summed E-state index contributed by atoms with van der Waals surface area (Å²) in [6.07, 6.45) is 0.914. The summed E-state index contributed by atoms with van der Waals surface area (Å²) in [7, 11) is 1.68. The lowest BCUT2D eigenvalue weighted by atomic mass is 10.1. The molecule has 0 saturated carbocycles. The van der Waals surface area contributed by atoms with E-state index in [2.05, 4.69) is 10.6 Å². The van der Waals surface area contributed by atoms with Crippen LogP contribution in [0.2, 0.25) is 5.02 Å². The first-order valence-electron chi connectivity index (χ1n) is 5.89. The van der Waals surface area contributed by atoms with Gasteiger partial charge in [-0.1, -0.05) is 23.7 Å². The molecule has 1 aromatic carbocycles. The highest BCUT2D eigenvalue weighted by Gasteiger charge is 2.02. The van der Waals surface area contributed by atoms with Crippen molar-refractivity contribution in [2.75, 3.05) is 20.3 Å². The minimum Gasteiger partial charge on any atom is -0.383 e. The Morgan fingerprint density at radius 1 is 1.39 bits per heavy atom. The molecule has 1 atom stereocenters. The van der Waals surface area contributed by atoms with Gasteiger partial charge in [0.1, 0.15) is 0 Å². The van der Waals surface area contributed by atoms with Gasteiger partial charge in [-0.3, -0.25) is 0 Å². The Labute approximate surface area is 119 Å². The molecule has 1 rings (SSSR count). The van der Waals surface area contributed by atoms with Gasteiger partial charge < -0.3 is 15.4 Å². The SMILES string of the molecule is COCC(C)NC(=S)NCCc1ccc(Cl)cc1. The zero-order chi connectivity index (χ0) is 13.4. The smallest absolute Gasteiger partial charge is 0.166 e. The molecule has 0 fully saturated rings. The lowest BCUT2D eigenvalue weighted by molar-refractivity contribution is 0.179. The third-order valence-corrected chi connectivity index (χ3v) is 2.92. The average molecular weight is 287 g/mol. The van der Waals surface area contributed by atoms with Gasteiger partial charge in [0.15, 0.2) is 5.11 Å². The zero-order valence-corrected chi connectivity index (χ0v) is 12.3. The number of hydrogen-bond donors (Lipinski definition) is 2. The summed E-state index contributed by atoms with van der Waals surface area (Å²) in [4.78, 5) is 0. The van der Waals surface area contributed by atoms with Crippen molar-refractivity contribution in [3.05, 3.63) is 34.9 Å². The van der Waals surface area contributed by atoms with E-state index < -0.39 is 0 Å². The van der Waals surface area contributed by atoms with Crippen LogP contribution in [-0.2, 0) is 11.2 Å². The Morgan fingerprint density at radius 2 is 2.06 bits per heavy atom. The van der Waals surface area contributed by atoms with Crippen LogP contribution in [0.15, 0.2) is 24.3 Å². The predicted molar refractivity (Wildman–Crippen MR) is 80.2 cm³/mol. The molecule has 2 N–H and O–H groups in total. The molecule has 1 aromatic rings. The summed E-state index contributed by atoms with van der Waals surface area (Å²) in [6, 6.07) is 8.05. The second-order valence-corrected chi connectivity index (χ2v) is 4.98. The molecule has 18 heavy (non-hydrogen) atoms. The summed E-state index contributed by atoms with van der Waals surface area (Å²) in [5, 5.41) is 7.74. The number of methoxy groups -OCH3 is 1. The fourth-order valence-electron chi connectivity index (χ4n) is 1.54. The van der Waals surface area contributed by atoms with E-state index in [0.717, 1.165) is 18.0 Å². The van der Waals surface area contributed by atoms with Gasteiger partial charge in [0.05, 0.1) is 6.61 Å². The van der Waals surface area contributed by atoms with Crippen molar-refractivity contribution in [1.82, 2.24) is 10.6 Å². The first-order chi connectivity index (χ1) is 8.61. The molecular formula is C13H19ClN2OS. The fourth-order valence-corrected chi connectivity index (χ4v) is 1.97. The van der Waals surface area contributed by atoms with Gasteiger partial charge in [0.2, 0.25) is 0 Å². The van der Waals surface area contributed by atoms with Crippen LogP contribution in [0.1, 0.15) is 12.5 Å². The topological polar surface area (TPSA) is 33.3 Å². The highest BCUT2D eigenvalue weighted by molar-refractivity contribution is 7.80. The molecule has 0 saturated heterocycles. The van der Waals surface area contributed by atoms with E-state index in [0.29, 0.717) is 11.7 Å². The number of halogens is 1. The first kappa shape index (κ1) is 15.2. The maximum absolute atomic E-state index is 5.82. The largest absolute Gasteiger partial charge is 0.383 e. The van der Waals surface area contributed by atoms with E-state index in [-0.39, 0.29) is 6.04 Å². The summed E-state index contributed by atoms with van der Waals surface area (Å²) in [6.45, 7) is 3.46. The minimum atomic E-state index is 0.213.